The molecule has 2 aliphatic rings. The number of pyridine rings is 1. The van der Waals surface area contributed by atoms with Crippen molar-refractivity contribution < 1.29 is 17.5 Å². The van der Waals surface area contributed by atoms with E-state index in [0.29, 0.717) is 24.3 Å². The van der Waals surface area contributed by atoms with Gasteiger partial charge < -0.3 is 9.30 Å². The highest BCUT2D eigenvalue weighted by Crippen LogP contribution is 2.35. The fraction of sp³-hybridized carbons (Fsp3) is 0.542. The van der Waals surface area contributed by atoms with Gasteiger partial charge in [0.15, 0.2) is 0 Å². The Morgan fingerprint density at radius 3 is 2.41 bits per heavy atom. The first-order chi connectivity index (χ1) is 15.2. The molecule has 2 aromatic rings. The molecule has 1 aliphatic carbocycles. The van der Waals surface area contributed by atoms with E-state index < -0.39 is 10.0 Å². The summed E-state index contributed by atoms with van der Waals surface area (Å²) >= 11 is 0. The molecular weight excluding hydrogens is 431 g/mol. The van der Waals surface area contributed by atoms with Crippen molar-refractivity contribution in [2.45, 2.75) is 69.6 Å². The van der Waals surface area contributed by atoms with Crippen LogP contribution >= 0.6 is 0 Å². The molecule has 174 valence electrons. The number of sulfonamides is 1. The van der Waals surface area contributed by atoms with E-state index in [-0.39, 0.29) is 36.2 Å². The van der Waals surface area contributed by atoms with Gasteiger partial charge in [0.05, 0.1) is 25.0 Å². The van der Waals surface area contributed by atoms with Crippen LogP contribution in [0.15, 0.2) is 41.2 Å². The highest BCUT2D eigenvalue weighted by Gasteiger charge is 2.33. The maximum absolute atomic E-state index is 13.2. The number of aryl methyl sites for hydroxylation is 2. The standard InChI is InChI=1S/C24H31FN2O4S/c1-16-3-10-20-11-14-22(26-32(2,29)30)23(27(20)24(16)28)15-31-21-12-6-18(7-13-21)17-4-8-19(25)9-5-17/h3-5,8-10,18,21-23,26H,6-7,11-15H2,1-2H3. The summed E-state index contributed by atoms with van der Waals surface area (Å²) in [5.41, 5.74) is 2.63. The summed E-state index contributed by atoms with van der Waals surface area (Å²) in [5.74, 6) is 0.178. The molecular formula is C24H31FN2O4S. The van der Waals surface area contributed by atoms with E-state index in [4.69, 9.17) is 4.74 Å². The monoisotopic (exact) mass is 462 g/mol. The molecule has 2 unspecified atom stereocenters. The molecule has 1 aromatic heterocycles. The smallest absolute Gasteiger partial charge is 0.254 e. The second-order valence-electron chi connectivity index (χ2n) is 9.14. The molecule has 6 nitrogen and oxygen atoms in total. The Morgan fingerprint density at radius 1 is 1.06 bits per heavy atom. The van der Waals surface area contributed by atoms with Crippen LogP contribution in [0.3, 0.4) is 0 Å². The highest BCUT2D eigenvalue weighted by atomic mass is 32.2. The molecule has 32 heavy (non-hydrogen) atoms. The summed E-state index contributed by atoms with van der Waals surface area (Å²) in [4.78, 5) is 12.9. The SMILES string of the molecule is Cc1ccc2n(c1=O)C(COC1CCC(c3ccc(F)cc3)CC1)C(NS(C)(=O)=O)CC2. The zero-order valence-corrected chi connectivity index (χ0v) is 19.4. The van der Waals surface area contributed by atoms with Crippen molar-refractivity contribution in [2.75, 3.05) is 12.9 Å². The summed E-state index contributed by atoms with van der Waals surface area (Å²) in [6.07, 6.45) is 6.17. The van der Waals surface area contributed by atoms with E-state index in [1.165, 1.54) is 12.1 Å². The average molecular weight is 463 g/mol. The molecule has 2 heterocycles. The van der Waals surface area contributed by atoms with Crippen LogP contribution in [0.5, 0.6) is 0 Å². The maximum atomic E-state index is 13.2. The van der Waals surface area contributed by atoms with Crippen LogP contribution in [-0.2, 0) is 21.2 Å². The van der Waals surface area contributed by atoms with Crippen molar-refractivity contribution in [3.8, 4) is 0 Å². The van der Waals surface area contributed by atoms with E-state index in [1.807, 2.05) is 24.3 Å². The minimum absolute atomic E-state index is 0.0662. The zero-order chi connectivity index (χ0) is 22.9. The molecule has 2 atom stereocenters. The van der Waals surface area contributed by atoms with Crippen LogP contribution in [0.1, 0.15) is 60.9 Å². The fourth-order valence-electron chi connectivity index (χ4n) is 5.07. The molecule has 1 saturated carbocycles. The Bertz CT molecular complexity index is 1110. The number of hydrogen-bond acceptors (Lipinski definition) is 4. The predicted molar refractivity (Wildman–Crippen MR) is 122 cm³/mol. The third-order valence-corrected chi connectivity index (χ3v) is 7.51. The molecule has 0 saturated heterocycles. The molecule has 0 spiro atoms. The summed E-state index contributed by atoms with van der Waals surface area (Å²) in [7, 11) is -3.41. The second-order valence-corrected chi connectivity index (χ2v) is 10.9. The average Bonchev–Trinajstić information content (AvgIpc) is 2.75. The van der Waals surface area contributed by atoms with Crippen LogP contribution in [0.2, 0.25) is 0 Å². The van der Waals surface area contributed by atoms with Gasteiger partial charge in [-0.2, -0.15) is 0 Å². The van der Waals surface area contributed by atoms with Crippen molar-refractivity contribution in [2.24, 2.45) is 0 Å². The predicted octanol–water partition coefficient (Wildman–Crippen LogP) is 3.44. The summed E-state index contributed by atoms with van der Waals surface area (Å²) in [5, 5.41) is 0. The first kappa shape index (κ1) is 23.1. The largest absolute Gasteiger partial charge is 0.376 e. The van der Waals surface area contributed by atoms with Gasteiger partial charge in [0.1, 0.15) is 5.82 Å². The number of ether oxygens (including phenoxy) is 1. The van der Waals surface area contributed by atoms with E-state index in [9.17, 15) is 17.6 Å². The van der Waals surface area contributed by atoms with Crippen LogP contribution in [-0.4, -0.2) is 38.0 Å². The molecule has 0 radical (unpaired) electrons. The molecule has 8 heteroatoms. The maximum Gasteiger partial charge on any atom is 0.254 e. The normalized spacial score (nSPS) is 26.0. The fourth-order valence-corrected chi connectivity index (χ4v) is 5.90. The van der Waals surface area contributed by atoms with Gasteiger partial charge in [-0.1, -0.05) is 18.2 Å². The van der Waals surface area contributed by atoms with Crippen LogP contribution in [0.4, 0.5) is 4.39 Å². The van der Waals surface area contributed by atoms with Gasteiger partial charge in [-0.25, -0.2) is 17.5 Å². The van der Waals surface area contributed by atoms with Gasteiger partial charge in [-0.3, -0.25) is 4.79 Å². The highest BCUT2D eigenvalue weighted by molar-refractivity contribution is 7.88. The van der Waals surface area contributed by atoms with E-state index in [0.717, 1.165) is 43.2 Å². The van der Waals surface area contributed by atoms with Gasteiger partial charge in [0.2, 0.25) is 10.0 Å². The van der Waals surface area contributed by atoms with Crippen LogP contribution in [0.25, 0.3) is 0 Å². The topological polar surface area (TPSA) is 77.4 Å². The number of nitrogens with zero attached hydrogens (tertiary/aromatic N) is 1. The van der Waals surface area contributed by atoms with Crippen molar-refractivity contribution in [1.29, 1.82) is 0 Å². The van der Waals surface area contributed by atoms with Gasteiger partial charge in [0, 0.05) is 17.3 Å². The minimum Gasteiger partial charge on any atom is -0.376 e. The van der Waals surface area contributed by atoms with E-state index >= 15 is 0 Å². The van der Waals surface area contributed by atoms with Crippen molar-refractivity contribution in [3.05, 3.63) is 69.4 Å². The lowest BCUT2D eigenvalue weighted by molar-refractivity contribution is -0.00168. The third-order valence-electron chi connectivity index (χ3n) is 6.78. The first-order valence-corrected chi connectivity index (χ1v) is 13.2. The van der Waals surface area contributed by atoms with Crippen molar-refractivity contribution in [1.82, 2.24) is 9.29 Å². The Kier molecular flexibility index (Phi) is 6.83. The van der Waals surface area contributed by atoms with Crippen molar-refractivity contribution in [3.63, 3.8) is 0 Å². The number of hydrogen-bond donors (Lipinski definition) is 1. The van der Waals surface area contributed by atoms with Crippen LogP contribution in [0, 0.1) is 12.7 Å². The van der Waals surface area contributed by atoms with Gasteiger partial charge >= 0.3 is 0 Å². The molecule has 0 amide bonds. The second kappa shape index (κ2) is 9.45. The van der Waals surface area contributed by atoms with Gasteiger partial charge in [-0.05, 0) is 75.1 Å². The lowest BCUT2D eigenvalue weighted by atomic mass is 9.82. The zero-order valence-electron chi connectivity index (χ0n) is 18.6. The molecule has 1 aliphatic heterocycles. The first-order valence-electron chi connectivity index (χ1n) is 11.3. The summed E-state index contributed by atoms with van der Waals surface area (Å²) in [6.45, 7) is 2.06. The lowest BCUT2D eigenvalue weighted by Crippen LogP contribution is -2.49. The van der Waals surface area contributed by atoms with Gasteiger partial charge in [0.25, 0.3) is 5.56 Å². The van der Waals surface area contributed by atoms with E-state index in [1.54, 1.807) is 11.5 Å². The number of benzene rings is 1. The molecule has 1 aromatic carbocycles. The summed E-state index contributed by atoms with van der Waals surface area (Å²) in [6, 6.07) is 9.75. The minimum atomic E-state index is -3.41. The number of nitrogens with one attached hydrogen (secondary N) is 1. The quantitative estimate of drug-likeness (QED) is 0.713. The number of fused-ring (bicyclic) bond motifs is 1. The Balaban J connectivity index is 1.45. The molecule has 1 fully saturated rings. The number of aromatic nitrogens is 1. The molecule has 0 bridgehead atoms. The number of halogens is 1. The third kappa shape index (κ3) is 5.30. The summed E-state index contributed by atoms with van der Waals surface area (Å²) < 4.78 is 47.8. The Hall–Kier alpha value is -2.03. The molecule has 1 N–H and O–H groups in total. The van der Waals surface area contributed by atoms with Crippen molar-refractivity contribution >= 4 is 10.0 Å². The van der Waals surface area contributed by atoms with E-state index in [2.05, 4.69) is 4.72 Å². The Labute approximate surface area is 188 Å². The Morgan fingerprint density at radius 2 is 1.75 bits per heavy atom. The lowest BCUT2D eigenvalue weighted by Gasteiger charge is -2.37. The molecule has 4 rings (SSSR count). The van der Waals surface area contributed by atoms with Gasteiger partial charge in [-0.15, -0.1) is 0 Å². The van der Waals surface area contributed by atoms with Crippen LogP contribution < -0.4 is 10.3 Å². The number of rotatable bonds is 6.